The molecule has 0 unspecified atom stereocenters. The topological polar surface area (TPSA) is 92.3 Å². The minimum Gasteiger partial charge on any atom is -0.368 e. The summed E-state index contributed by atoms with van der Waals surface area (Å²) in [6.07, 6.45) is -3.12. The van der Waals surface area contributed by atoms with Crippen molar-refractivity contribution in [2.24, 2.45) is 0 Å². The maximum Gasteiger partial charge on any atom is 0.222 e. The molecule has 10 heteroatoms. The molecular weight excluding hydrogens is 664 g/mol. The molecule has 9 rings (SSSR count). The van der Waals surface area contributed by atoms with Gasteiger partial charge in [0.25, 0.3) is 0 Å². The summed E-state index contributed by atoms with van der Waals surface area (Å²) in [5, 5.41) is 0. The average Bonchev–Trinajstić information content (AvgIpc) is 3.18. The zero-order valence-corrected chi connectivity index (χ0v) is 29.0. The largest absolute Gasteiger partial charge is 0.368 e. The fourth-order valence-corrected chi connectivity index (χ4v) is 7.80. The molecule has 5 aliphatic rings. The van der Waals surface area contributed by atoms with Gasteiger partial charge in [0.2, 0.25) is 11.6 Å². The summed E-state index contributed by atoms with van der Waals surface area (Å²) < 4.78 is 66.6. The van der Waals surface area contributed by atoms with Crippen LogP contribution >= 0.6 is 0 Å². The van der Waals surface area contributed by atoms with Gasteiger partial charge >= 0.3 is 0 Å². The Morgan fingerprint density at radius 3 is 1.19 bits per heavy atom. The van der Waals surface area contributed by atoms with Gasteiger partial charge in [-0.1, -0.05) is 109 Å². The van der Waals surface area contributed by atoms with Crippen LogP contribution < -0.4 is 0 Å². The predicted octanol–water partition coefficient (Wildman–Crippen LogP) is 5.63. The third-order valence-corrected chi connectivity index (χ3v) is 10.8. The van der Waals surface area contributed by atoms with Crippen molar-refractivity contribution in [2.75, 3.05) is 26.4 Å². The molecule has 5 heterocycles. The van der Waals surface area contributed by atoms with Crippen LogP contribution in [0.5, 0.6) is 0 Å². The van der Waals surface area contributed by atoms with E-state index in [-0.39, 0.29) is 38.6 Å². The Morgan fingerprint density at radius 2 is 0.808 bits per heavy atom. The fraction of sp³-hybridized carbons (Fsp3) is 0.429. The van der Waals surface area contributed by atoms with Crippen molar-refractivity contribution in [3.63, 3.8) is 0 Å². The number of hydrogen-bond donors (Lipinski definition) is 0. The molecule has 3 fully saturated rings. The number of benzene rings is 4. The second-order valence-electron chi connectivity index (χ2n) is 14.0. The molecule has 0 amide bonds. The highest BCUT2D eigenvalue weighted by Crippen LogP contribution is 2.44. The average molecular weight is 709 g/mol. The third kappa shape index (κ3) is 6.85. The van der Waals surface area contributed by atoms with E-state index in [1.807, 2.05) is 84.9 Å². The molecule has 52 heavy (non-hydrogen) atoms. The van der Waals surface area contributed by atoms with Crippen LogP contribution in [0.15, 0.2) is 109 Å². The van der Waals surface area contributed by atoms with Gasteiger partial charge in [-0.15, -0.1) is 0 Å². The molecule has 8 atom stereocenters. The zero-order chi connectivity index (χ0) is 34.8. The molecule has 2 spiro atoms. The maximum absolute atomic E-state index is 6.86. The van der Waals surface area contributed by atoms with E-state index < -0.39 is 36.0 Å². The van der Waals surface area contributed by atoms with E-state index in [9.17, 15) is 0 Å². The first-order valence-corrected chi connectivity index (χ1v) is 18.1. The van der Waals surface area contributed by atoms with Crippen LogP contribution in [0.2, 0.25) is 0 Å². The van der Waals surface area contributed by atoms with E-state index in [1.165, 1.54) is 0 Å². The molecule has 0 aliphatic carbocycles. The Morgan fingerprint density at radius 1 is 0.442 bits per heavy atom. The minimum atomic E-state index is -1.30. The first-order valence-electron chi connectivity index (χ1n) is 18.1. The van der Waals surface area contributed by atoms with Gasteiger partial charge in [-0.25, -0.2) is 0 Å². The standard InChI is InChI=1S/C42H44O10/c1-3-11-29(12-4-1)19-47-39-37-35(43-21-31-15-7-9-17-33(31)23-45-37)25-49-41(39)27-52-42(28-51-41)40(48-20-30-13-5-2-6-14-30)38-36(26-50-42)44-22-32-16-8-10-18-34(32)24-46-38/h1-18,35-40H,19-28H2/t35-,36-,37-,38-,39+,40+,41-,42+/m1/s1. The van der Waals surface area contributed by atoms with Crippen LogP contribution in [0.25, 0.3) is 0 Å². The van der Waals surface area contributed by atoms with Gasteiger partial charge in [0.05, 0.1) is 52.9 Å². The number of rotatable bonds is 6. The quantitative estimate of drug-likeness (QED) is 0.251. The van der Waals surface area contributed by atoms with Gasteiger partial charge < -0.3 is 47.4 Å². The van der Waals surface area contributed by atoms with Crippen molar-refractivity contribution >= 4 is 0 Å². The highest BCUT2D eigenvalue weighted by Gasteiger charge is 2.63. The van der Waals surface area contributed by atoms with E-state index >= 15 is 0 Å². The molecule has 4 aromatic rings. The van der Waals surface area contributed by atoms with Crippen molar-refractivity contribution in [1.82, 2.24) is 0 Å². The van der Waals surface area contributed by atoms with Crippen LogP contribution in [0.1, 0.15) is 33.4 Å². The number of fused-ring (bicyclic) bond motifs is 4. The predicted molar refractivity (Wildman–Crippen MR) is 186 cm³/mol. The highest BCUT2D eigenvalue weighted by atomic mass is 16.8. The van der Waals surface area contributed by atoms with Crippen LogP contribution in [-0.4, -0.2) is 74.6 Å². The third-order valence-electron chi connectivity index (χ3n) is 10.8. The molecule has 0 N–H and O–H groups in total. The summed E-state index contributed by atoms with van der Waals surface area (Å²) in [6.45, 7) is 2.86. The molecule has 5 aliphatic heterocycles. The summed E-state index contributed by atoms with van der Waals surface area (Å²) in [7, 11) is 0. The summed E-state index contributed by atoms with van der Waals surface area (Å²) in [6, 6.07) is 36.4. The van der Waals surface area contributed by atoms with Gasteiger partial charge in [-0.05, 0) is 33.4 Å². The van der Waals surface area contributed by atoms with Gasteiger partial charge in [-0.3, -0.25) is 0 Å². The molecule has 0 bridgehead atoms. The highest BCUT2D eigenvalue weighted by molar-refractivity contribution is 5.27. The molecule has 272 valence electrons. The normalized spacial score (nSPS) is 33.0. The summed E-state index contributed by atoms with van der Waals surface area (Å²) in [5.74, 6) is -2.60. The van der Waals surface area contributed by atoms with Crippen molar-refractivity contribution in [3.05, 3.63) is 143 Å². The van der Waals surface area contributed by atoms with E-state index in [1.54, 1.807) is 0 Å². The molecule has 0 saturated carbocycles. The lowest BCUT2D eigenvalue weighted by Crippen LogP contribution is -2.74. The van der Waals surface area contributed by atoms with Gasteiger partial charge in [0.15, 0.2) is 0 Å². The van der Waals surface area contributed by atoms with Gasteiger partial charge in [0, 0.05) is 0 Å². The second-order valence-corrected chi connectivity index (χ2v) is 14.0. The molecule has 0 aromatic heterocycles. The first kappa shape index (κ1) is 34.3. The number of ether oxygens (including phenoxy) is 10. The zero-order valence-electron chi connectivity index (χ0n) is 29.0. The van der Waals surface area contributed by atoms with E-state index in [2.05, 4.69) is 24.3 Å². The van der Waals surface area contributed by atoms with Crippen molar-refractivity contribution < 1.29 is 47.4 Å². The Bertz CT molecular complexity index is 1650. The number of hydrogen-bond acceptors (Lipinski definition) is 10. The van der Waals surface area contributed by atoms with Gasteiger partial charge in [0.1, 0.15) is 49.8 Å². The van der Waals surface area contributed by atoms with Crippen LogP contribution in [0, 0.1) is 0 Å². The lowest BCUT2D eigenvalue weighted by Gasteiger charge is -2.56. The van der Waals surface area contributed by atoms with E-state index in [0.29, 0.717) is 39.6 Å². The summed E-state index contributed by atoms with van der Waals surface area (Å²) >= 11 is 0. The molecule has 3 saturated heterocycles. The molecular formula is C42H44O10. The van der Waals surface area contributed by atoms with Crippen molar-refractivity contribution in [3.8, 4) is 0 Å². The summed E-state index contributed by atoms with van der Waals surface area (Å²) in [4.78, 5) is 0. The Kier molecular flexibility index (Phi) is 9.93. The lowest BCUT2D eigenvalue weighted by atomic mass is 9.91. The molecule has 10 nitrogen and oxygen atoms in total. The molecule has 0 radical (unpaired) electrons. The maximum atomic E-state index is 6.86. The monoisotopic (exact) mass is 708 g/mol. The fourth-order valence-electron chi connectivity index (χ4n) is 7.80. The van der Waals surface area contributed by atoms with Crippen LogP contribution in [-0.2, 0) is 87.0 Å². The van der Waals surface area contributed by atoms with Crippen LogP contribution in [0.4, 0.5) is 0 Å². The Labute approximate surface area is 303 Å². The van der Waals surface area contributed by atoms with Crippen molar-refractivity contribution in [1.29, 1.82) is 0 Å². The minimum absolute atomic E-state index is 0.00188. The van der Waals surface area contributed by atoms with Gasteiger partial charge in [-0.2, -0.15) is 0 Å². The van der Waals surface area contributed by atoms with E-state index in [4.69, 9.17) is 47.4 Å². The first-order chi connectivity index (χ1) is 25.7. The van der Waals surface area contributed by atoms with Crippen molar-refractivity contribution in [2.45, 2.75) is 87.8 Å². The van der Waals surface area contributed by atoms with E-state index in [0.717, 1.165) is 33.4 Å². The second kappa shape index (κ2) is 15.1. The lowest BCUT2D eigenvalue weighted by molar-refractivity contribution is -0.461. The molecule has 4 aromatic carbocycles. The SMILES string of the molecule is c1ccc(CO[C@H]2[C@@H]3OCc4ccccc4CO[C@@H]3CO[C@]23CO[C@@]2(CO3)OC[C@H]3OCc4ccccc4CO[C@H]3[C@@H]2OCc2ccccc2)cc1. The van der Waals surface area contributed by atoms with Crippen LogP contribution in [0.3, 0.4) is 0 Å². The Balaban J connectivity index is 0.994. The Hall–Kier alpha value is -3.52. The smallest absolute Gasteiger partial charge is 0.222 e. The summed E-state index contributed by atoms with van der Waals surface area (Å²) in [5.41, 5.74) is 6.39.